The highest BCUT2D eigenvalue weighted by molar-refractivity contribution is 5.49. The number of likely N-dealkylation sites (N-methyl/N-ethyl adjacent to an activating group) is 1. The van der Waals surface area contributed by atoms with Crippen LogP contribution in [0.25, 0.3) is 0 Å². The first-order chi connectivity index (χ1) is 9.09. The van der Waals surface area contributed by atoms with E-state index in [0.29, 0.717) is 6.04 Å². The predicted molar refractivity (Wildman–Crippen MR) is 83.8 cm³/mol. The summed E-state index contributed by atoms with van der Waals surface area (Å²) >= 11 is 0. The Labute approximate surface area is 117 Å². The number of hydrogen-bond donors (Lipinski definition) is 0. The lowest BCUT2D eigenvalue weighted by Crippen LogP contribution is -2.26. The molecule has 0 bridgehead atoms. The maximum absolute atomic E-state index is 4.23. The molecule has 0 saturated carbocycles. The third kappa shape index (κ3) is 3.17. The van der Waals surface area contributed by atoms with E-state index in [1.807, 2.05) is 0 Å². The molecule has 0 heterocycles. The summed E-state index contributed by atoms with van der Waals surface area (Å²) in [6, 6.07) is 0.483. The first-order valence-corrected chi connectivity index (χ1v) is 6.95. The van der Waals surface area contributed by atoms with Crippen molar-refractivity contribution in [1.29, 1.82) is 0 Å². The molecule has 100 valence electrons. The van der Waals surface area contributed by atoms with Gasteiger partial charge in [0.05, 0.1) is 0 Å². The molecule has 2 aliphatic carbocycles. The van der Waals surface area contributed by atoms with E-state index in [-0.39, 0.29) is 0 Å². The predicted octanol–water partition coefficient (Wildman–Crippen LogP) is 4.54. The Bertz CT molecular complexity index is 510. The van der Waals surface area contributed by atoms with E-state index in [9.17, 15) is 0 Å². The zero-order valence-corrected chi connectivity index (χ0v) is 12.2. The molecule has 1 nitrogen and oxygen atoms in total. The second kappa shape index (κ2) is 5.92. The molecule has 1 heteroatoms. The molecule has 0 fully saturated rings. The topological polar surface area (TPSA) is 3.24 Å². The van der Waals surface area contributed by atoms with Crippen LogP contribution in [0.2, 0.25) is 0 Å². The third-order valence-electron chi connectivity index (χ3n) is 3.75. The number of nitrogens with zero attached hydrogens (tertiary/aromatic N) is 1. The van der Waals surface area contributed by atoms with Crippen LogP contribution >= 0.6 is 0 Å². The van der Waals surface area contributed by atoms with Crippen LogP contribution in [0.15, 0.2) is 71.5 Å². The smallest absolute Gasteiger partial charge is 0.0407 e. The quantitative estimate of drug-likeness (QED) is 0.650. The van der Waals surface area contributed by atoms with Crippen molar-refractivity contribution < 1.29 is 0 Å². The Morgan fingerprint density at radius 1 is 1.16 bits per heavy atom. The van der Waals surface area contributed by atoms with Crippen LogP contribution < -0.4 is 0 Å². The molecule has 0 unspecified atom stereocenters. The molecule has 0 aromatic heterocycles. The maximum Gasteiger partial charge on any atom is 0.0407 e. The molecule has 2 rings (SSSR count). The van der Waals surface area contributed by atoms with Crippen LogP contribution in [0.4, 0.5) is 0 Å². The molecule has 19 heavy (non-hydrogen) atoms. The first kappa shape index (κ1) is 13.7. The fourth-order valence-corrected chi connectivity index (χ4v) is 2.28. The van der Waals surface area contributed by atoms with Crippen molar-refractivity contribution in [3.8, 4) is 0 Å². The summed E-state index contributed by atoms with van der Waals surface area (Å²) in [5, 5.41) is 0. The van der Waals surface area contributed by atoms with Crippen LogP contribution in [-0.2, 0) is 0 Å². The molecule has 0 amide bonds. The Balaban J connectivity index is 2.24. The van der Waals surface area contributed by atoms with Gasteiger partial charge in [-0.1, -0.05) is 43.0 Å². The Kier molecular flexibility index (Phi) is 4.26. The van der Waals surface area contributed by atoms with Gasteiger partial charge in [0.25, 0.3) is 0 Å². The highest BCUT2D eigenvalue weighted by Crippen LogP contribution is 2.28. The van der Waals surface area contributed by atoms with Crippen LogP contribution in [0, 0.1) is 0 Å². The van der Waals surface area contributed by atoms with Gasteiger partial charge in [0.15, 0.2) is 0 Å². The van der Waals surface area contributed by atoms with Gasteiger partial charge in [0.1, 0.15) is 0 Å². The first-order valence-electron chi connectivity index (χ1n) is 6.95. The highest BCUT2D eigenvalue weighted by atomic mass is 15.1. The molecule has 0 saturated heterocycles. The van der Waals surface area contributed by atoms with Gasteiger partial charge in [-0.05, 0) is 49.5 Å². The van der Waals surface area contributed by atoms with Gasteiger partial charge < -0.3 is 4.90 Å². The summed E-state index contributed by atoms with van der Waals surface area (Å²) in [7, 11) is 2.16. The van der Waals surface area contributed by atoms with Gasteiger partial charge in [-0.25, -0.2) is 0 Å². The molecule has 0 aromatic rings. The van der Waals surface area contributed by atoms with Gasteiger partial charge >= 0.3 is 0 Å². The molecule has 0 spiro atoms. The zero-order valence-electron chi connectivity index (χ0n) is 12.2. The zero-order chi connectivity index (χ0) is 13.8. The van der Waals surface area contributed by atoms with Gasteiger partial charge in [-0.15, -0.1) is 0 Å². The lowest BCUT2D eigenvalue weighted by Gasteiger charge is -2.28. The molecule has 0 aromatic carbocycles. The van der Waals surface area contributed by atoms with Crippen molar-refractivity contribution in [2.24, 2.45) is 0 Å². The number of hydrogen-bond acceptors (Lipinski definition) is 1. The summed E-state index contributed by atoms with van der Waals surface area (Å²) < 4.78 is 0. The van der Waals surface area contributed by atoms with Gasteiger partial charge in [-0.3, -0.25) is 0 Å². The van der Waals surface area contributed by atoms with Crippen molar-refractivity contribution in [2.75, 3.05) is 7.05 Å². The van der Waals surface area contributed by atoms with E-state index in [1.54, 1.807) is 0 Å². The molecule has 0 atom stereocenters. The number of allylic oxidation sites excluding steroid dienone is 10. The average molecular weight is 253 g/mol. The van der Waals surface area contributed by atoms with Crippen LogP contribution in [0.5, 0.6) is 0 Å². The third-order valence-corrected chi connectivity index (χ3v) is 3.75. The van der Waals surface area contributed by atoms with E-state index in [4.69, 9.17) is 0 Å². The van der Waals surface area contributed by atoms with Crippen molar-refractivity contribution in [1.82, 2.24) is 4.90 Å². The SMILES string of the molecule is C=C(/C=C(\C1=CC=CC1)N(C)C(C)C)C1=CC=CC1. The largest absolute Gasteiger partial charge is 0.372 e. The molecule has 0 aliphatic heterocycles. The average Bonchev–Trinajstić information content (AvgIpc) is 3.06. The summed E-state index contributed by atoms with van der Waals surface area (Å²) in [5.74, 6) is 0. The highest BCUT2D eigenvalue weighted by Gasteiger charge is 2.15. The van der Waals surface area contributed by atoms with Crippen molar-refractivity contribution in [3.63, 3.8) is 0 Å². The fraction of sp³-hybridized carbons (Fsp3) is 0.333. The van der Waals surface area contributed by atoms with Crippen LogP contribution in [0.3, 0.4) is 0 Å². The Morgan fingerprint density at radius 3 is 2.21 bits per heavy atom. The van der Waals surface area contributed by atoms with Gasteiger partial charge in [0, 0.05) is 18.8 Å². The Morgan fingerprint density at radius 2 is 1.74 bits per heavy atom. The molecule has 0 radical (unpaired) electrons. The second-order valence-corrected chi connectivity index (χ2v) is 5.41. The van der Waals surface area contributed by atoms with Gasteiger partial charge in [-0.2, -0.15) is 0 Å². The van der Waals surface area contributed by atoms with E-state index >= 15 is 0 Å². The lowest BCUT2D eigenvalue weighted by molar-refractivity contribution is 0.349. The lowest BCUT2D eigenvalue weighted by atomic mass is 10.0. The normalized spacial score (nSPS) is 18.0. The summed E-state index contributed by atoms with van der Waals surface area (Å²) in [6.07, 6.45) is 17.3. The minimum atomic E-state index is 0.483. The summed E-state index contributed by atoms with van der Waals surface area (Å²) in [4.78, 5) is 2.33. The molecular weight excluding hydrogens is 230 g/mol. The van der Waals surface area contributed by atoms with Crippen molar-refractivity contribution in [3.05, 3.63) is 71.5 Å². The van der Waals surface area contributed by atoms with Crippen molar-refractivity contribution >= 4 is 0 Å². The second-order valence-electron chi connectivity index (χ2n) is 5.41. The van der Waals surface area contributed by atoms with Crippen molar-refractivity contribution in [2.45, 2.75) is 32.7 Å². The van der Waals surface area contributed by atoms with E-state index < -0.39 is 0 Å². The standard InChI is InChI=1S/C18H23N/c1-14(2)19(4)18(17-11-7-8-12-17)13-15(3)16-9-5-6-10-16/h5-9,11,13-14H,3,10,12H2,1-2,4H3/b18-13+. The minimum absolute atomic E-state index is 0.483. The fourth-order valence-electron chi connectivity index (χ4n) is 2.28. The summed E-state index contributed by atoms with van der Waals surface area (Å²) in [5.41, 5.74) is 5.11. The molecule has 0 N–H and O–H groups in total. The number of rotatable bonds is 5. The Hall–Kier alpha value is -1.76. The molecule has 2 aliphatic rings. The monoisotopic (exact) mass is 253 g/mol. The van der Waals surface area contributed by atoms with Crippen LogP contribution in [-0.4, -0.2) is 18.0 Å². The minimum Gasteiger partial charge on any atom is -0.372 e. The molecular formula is C18H23N. The van der Waals surface area contributed by atoms with Crippen LogP contribution in [0.1, 0.15) is 26.7 Å². The van der Waals surface area contributed by atoms with E-state index in [0.717, 1.165) is 18.4 Å². The summed E-state index contributed by atoms with van der Waals surface area (Å²) in [6.45, 7) is 8.67. The van der Waals surface area contributed by atoms with E-state index in [1.165, 1.54) is 16.8 Å². The maximum atomic E-state index is 4.23. The van der Waals surface area contributed by atoms with E-state index in [2.05, 4.69) is 74.9 Å². The van der Waals surface area contributed by atoms with Gasteiger partial charge in [0.2, 0.25) is 0 Å².